The number of benzene rings is 2. The molecule has 1 nitrogen and oxygen atoms in total. The largest absolute Gasteiger partial charge is 0.454 e. The van der Waals surface area contributed by atoms with Gasteiger partial charge in [-0.05, 0) is 18.2 Å². The molecular weight excluding hydrogens is 198 g/mol. The van der Waals surface area contributed by atoms with Crippen LogP contribution < -0.4 is 4.74 Å². The van der Waals surface area contributed by atoms with E-state index in [-0.39, 0.29) is 5.75 Å². The van der Waals surface area contributed by atoms with Crippen LogP contribution in [-0.2, 0) is 0 Å². The Balaban J connectivity index is 2.25. The lowest BCUT2D eigenvalue weighted by atomic mass is 10.3. The van der Waals surface area contributed by atoms with Crippen molar-refractivity contribution in [2.24, 2.45) is 0 Å². The van der Waals surface area contributed by atoms with Crippen LogP contribution in [0.25, 0.3) is 0 Å². The van der Waals surface area contributed by atoms with Gasteiger partial charge in [0, 0.05) is 12.1 Å². The van der Waals surface area contributed by atoms with Crippen molar-refractivity contribution in [1.29, 1.82) is 0 Å². The summed E-state index contributed by atoms with van der Waals surface area (Å²) in [7, 11) is 0. The summed E-state index contributed by atoms with van der Waals surface area (Å²) in [6.45, 7) is 0. The molecule has 0 bridgehead atoms. The first kappa shape index (κ1) is 9.65. The highest BCUT2D eigenvalue weighted by molar-refractivity contribution is 5.31. The van der Waals surface area contributed by atoms with Gasteiger partial charge in [0.1, 0.15) is 11.6 Å². The summed E-state index contributed by atoms with van der Waals surface area (Å²) in [4.78, 5) is 0. The Hall–Kier alpha value is -1.90. The van der Waals surface area contributed by atoms with E-state index in [4.69, 9.17) is 4.74 Å². The first-order valence-electron chi connectivity index (χ1n) is 4.35. The SMILES string of the molecule is Fc1ccc(Oc2[c]cccc2)c(F)c1. The van der Waals surface area contributed by atoms with E-state index in [9.17, 15) is 8.78 Å². The zero-order valence-corrected chi connectivity index (χ0v) is 7.71. The first-order chi connectivity index (χ1) is 7.25. The maximum atomic E-state index is 13.2. The molecule has 0 aliphatic rings. The lowest BCUT2D eigenvalue weighted by Gasteiger charge is -2.05. The van der Waals surface area contributed by atoms with Crippen LogP contribution in [0.15, 0.2) is 42.5 Å². The molecule has 15 heavy (non-hydrogen) atoms. The molecule has 75 valence electrons. The van der Waals surface area contributed by atoms with Gasteiger partial charge in [0.2, 0.25) is 0 Å². The van der Waals surface area contributed by atoms with Crippen molar-refractivity contribution in [1.82, 2.24) is 0 Å². The van der Waals surface area contributed by atoms with Crippen LogP contribution in [0.3, 0.4) is 0 Å². The molecule has 3 heteroatoms. The van der Waals surface area contributed by atoms with Gasteiger partial charge in [-0.1, -0.05) is 18.2 Å². The Morgan fingerprint density at radius 1 is 1.07 bits per heavy atom. The van der Waals surface area contributed by atoms with E-state index >= 15 is 0 Å². The zero-order chi connectivity index (χ0) is 10.7. The van der Waals surface area contributed by atoms with Crippen LogP contribution in [0.4, 0.5) is 8.78 Å². The topological polar surface area (TPSA) is 9.23 Å². The number of para-hydroxylation sites is 1. The molecule has 2 aromatic rings. The summed E-state index contributed by atoms with van der Waals surface area (Å²) < 4.78 is 30.9. The molecule has 0 saturated carbocycles. The van der Waals surface area contributed by atoms with E-state index in [0.29, 0.717) is 5.75 Å². The number of hydrogen-bond donors (Lipinski definition) is 0. The van der Waals surface area contributed by atoms with E-state index in [0.717, 1.165) is 12.1 Å². The van der Waals surface area contributed by atoms with Crippen LogP contribution >= 0.6 is 0 Å². The van der Waals surface area contributed by atoms with Gasteiger partial charge in [-0.2, -0.15) is 0 Å². The van der Waals surface area contributed by atoms with Crippen molar-refractivity contribution in [3.8, 4) is 11.5 Å². The Labute approximate surface area is 85.9 Å². The Kier molecular flexibility index (Phi) is 2.63. The summed E-state index contributed by atoms with van der Waals surface area (Å²) in [5.41, 5.74) is 0. The standard InChI is InChI=1S/C12H7F2O/c13-9-6-7-12(11(14)8-9)15-10-4-2-1-3-5-10/h1-4,6-8H. The number of rotatable bonds is 2. The fraction of sp³-hybridized carbons (Fsp3) is 0. The molecule has 1 radical (unpaired) electrons. The third kappa shape index (κ3) is 2.31. The normalized spacial score (nSPS) is 10.0. The molecular formula is C12H7F2O. The van der Waals surface area contributed by atoms with E-state index < -0.39 is 11.6 Å². The molecule has 0 spiro atoms. The van der Waals surface area contributed by atoms with Gasteiger partial charge >= 0.3 is 0 Å². The molecule has 0 amide bonds. The van der Waals surface area contributed by atoms with Gasteiger partial charge < -0.3 is 4.74 Å². The number of hydrogen-bond acceptors (Lipinski definition) is 1. The highest BCUT2D eigenvalue weighted by Gasteiger charge is 2.05. The second-order valence-corrected chi connectivity index (χ2v) is 2.90. The second kappa shape index (κ2) is 4.09. The fourth-order valence-electron chi connectivity index (χ4n) is 1.12. The van der Waals surface area contributed by atoms with Crippen LogP contribution in [0, 0.1) is 17.7 Å². The van der Waals surface area contributed by atoms with Crippen molar-refractivity contribution >= 4 is 0 Å². The van der Waals surface area contributed by atoms with E-state index in [1.807, 2.05) is 0 Å². The monoisotopic (exact) mass is 205 g/mol. The molecule has 0 aliphatic heterocycles. The van der Waals surface area contributed by atoms with E-state index in [1.54, 1.807) is 24.3 Å². The van der Waals surface area contributed by atoms with Crippen molar-refractivity contribution < 1.29 is 13.5 Å². The summed E-state index contributed by atoms with van der Waals surface area (Å²) in [5, 5.41) is 0. The minimum atomic E-state index is -0.729. The summed E-state index contributed by atoms with van der Waals surface area (Å²) in [6.07, 6.45) is 0. The minimum Gasteiger partial charge on any atom is -0.454 e. The molecule has 0 aliphatic carbocycles. The molecule has 0 atom stereocenters. The van der Waals surface area contributed by atoms with Gasteiger partial charge in [-0.3, -0.25) is 0 Å². The third-order valence-electron chi connectivity index (χ3n) is 1.79. The average Bonchev–Trinajstić information content (AvgIpc) is 2.24. The van der Waals surface area contributed by atoms with E-state index in [2.05, 4.69) is 6.07 Å². The maximum Gasteiger partial charge on any atom is 0.168 e. The van der Waals surface area contributed by atoms with Crippen molar-refractivity contribution in [3.05, 3.63) is 60.2 Å². The second-order valence-electron chi connectivity index (χ2n) is 2.90. The number of ether oxygens (including phenoxy) is 1. The maximum absolute atomic E-state index is 13.2. The Morgan fingerprint density at radius 3 is 2.60 bits per heavy atom. The Bertz CT molecular complexity index is 454. The van der Waals surface area contributed by atoms with Crippen molar-refractivity contribution in [2.45, 2.75) is 0 Å². The predicted molar refractivity (Wildman–Crippen MR) is 51.7 cm³/mol. The summed E-state index contributed by atoms with van der Waals surface area (Å²) in [6, 6.07) is 12.7. The quantitative estimate of drug-likeness (QED) is 0.728. The summed E-state index contributed by atoms with van der Waals surface area (Å²) in [5.74, 6) is -0.981. The minimum absolute atomic E-state index is 0.0150. The lowest BCUT2D eigenvalue weighted by molar-refractivity contribution is 0.437. The molecule has 0 unspecified atom stereocenters. The molecule has 2 aromatic carbocycles. The van der Waals surface area contributed by atoms with Gasteiger partial charge in [-0.15, -0.1) is 0 Å². The van der Waals surface area contributed by atoms with Gasteiger partial charge in [0.25, 0.3) is 0 Å². The average molecular weight is 205 g/mol. The zero-order valence-electron chi connectivity index (χ0n) is 7.71. The number of halogens is 2. The fourth-order valence-corrected chi connectivity index (χ4v) is 1.12. The van der Waals surface area contributed by atoms with Crippen LogP contribution in [-0.4, -0.2) is 0 Å². The summed E-state index contributed by atoms with van der Waals surface area (Å²) >= 11 is 0. The smallest absolute Gasteiger partial charge is 0.168 e. The molecule has 0 saturated heterocycles. The highest BCUT2D eigenvalue weighted by Crippen LogP contribution is 2.23. The highest BCUT2D eigenvalue weighted by atomic mass is 19.1. The van der Waals surface area contributed by atoms with Crippen LogP contribution in [0.2, 0.25) is 0 Å². The Morgan fingerprint density at radius 2 is 1.93 bits per heavy atom. The van der Waals surface area contributed by atoms with Crippen LogP contribution in [0.5, 0.6) is 11.5 Å². The molecule has 0 N–H and O–H groups in total. The van der Waals surface area contributed by atoms with Gasteiger partial charge in [0.15, 0.2) is 11.6 Å². The molecule has 0 aromatic heterocycles. The van der Waals surface area contributed by atoms with Gasteiger partial charge in [-0.25, -0.2) is 8.78 Å². The van der Waals surface area contributed by atoms with Crippen LogP contribution in [0.1, 0.15) is 0 Å². The van der Waals surface area contributed by atoms with Crippen molar-refractivity contribution in [2.75, 3.05) is 0 Å². The molecule has 0 heterocycles. The molecule has 2 rings (SSSR count). The van der Waals surface area contributed by atoms with E-state index in [1.165, 1.54) is 6.07 Å². The predicted octanol–water partition coefficient (Wildman–Crippen LogP) is 3.56. The van der Waals surface area contributed by atoms with Crippen molar-refractivity contribution in [3.63, 3.8) is 0 Å². The lowest BCUT2D eigenvalue weighted by Crippen LogP contribution is -1.89. The first-order valence-corrected chi connectivity index (χ1v) is 4.35. The van der Waals surface area contributed by atoms with Gasteiger partial charge in [0.05, 0.1) is 0 Å². The third-order valence-corrected chi connectivity index (χ3v) is 1.79. The molecule has 0 fully saturated rings.